The summed E-state index contributed by atoms with van der Waals surface area (Å²) in [6.07, 6.45) is 2.79. The zero-order valence-electron chi connectivity index (χ0n) is 20.8. The quantitative estimate of drug-likeness (QED) is 0.373. The molecule has 2 aliphatic rings. The zero-order valence-corrected chi connectivity index (χ0v) is 20.8. The van der Waals surface area contributed by atoms with Crippen LogP contribution in [0.3, 0.4) is 0 Å². The number of carboxylic acid groups (broad SMARTS) is 2. The third-order valence-corrected chi connectivity index (χ3v) is 6.08. The molecule has 0 radical (unpaired) electrons. The summed E-state index contributed by atoms with van der Waals surface area (Å²) in [5.74, 6) is -1.90. The van der Waals surface area contributed by atoms with Gasteiger partial charge in [0.2, 0.25) is 11.8 Å². The second-order valence-corrected chi connectivity index (χ2v) is 8.83. The van der Waals surface area contributed by atoms with Crippen molar-refractivity contribution in [2.45, 2.75) is 51.6 Å². The van der Waals surface area contributed by atoms with Crippen molar-refractivity contribution in [1.82, 2.24) is 20.9 Å². The topological polar surface area (TPSA) is 148 Å². The van der Waals surface area contributed by atoms with Crippen LogP contribution >= 0.6 is 0 Å². The fourth-order valence-corrected chi connectivity index (χ4v) is 4.10. The van der Waals surface area contributed by atoms with E-state index in [1.807, 2.05) is 7.05 Å². The Labute approximate surface area is 205 Å². The lowest BCUT2D eigenvalue weighted by molar-refractivity contribution is -0.135. The van der Waals surface area contributed by atoms with Gasteiger partial charge in [0.1, 0.15) is 5.82 Å². The Balaban J connectivity index is 0.000000668. The summed E-state index contributed by atoms with van der Waals surface area (Å²) in [5.41, 5.74) is -0.00120. The number of aliphatic carboxylic acids is 2. The molecule has 0 unspecified atom stereocenters. The van der Waals surface area contributed by atoms with Gasteiger partial charge in [-0.3, -0.25) is 24.1 Å². The summed E-state index contributed by atoms with van der Waals surface area (Å²) in [4.78, 5) is 44.7. The molecule has 0 aromatic heterocycles. The summed E-state index contributed by atoms with van der Waals surface area (Å²) in [7, 11) is 3.66. The molecule has 2 amide bonds. The van der Waals surface area contributed by atoms with Gasteiger partial charge in [0.05, 0.1) is 5.41 Å². The fraction of sp³-hybridized carbons (Fsp3) is 0.583. The first-order valence-electron chi connectivity index (χ1n) is 11.5. The minimum atomic E-state index is -0.833. The first-order chi connectivity index (χ1) is 16.4. The molecule has 3 rings (SSSR count). The van der Waals surface area contributed by atoms with Gasteiger partial charge in [0, 0.05) is 59.0 Å². The Kier molecular flexibility index (Phi) is 12.3. The Morgan fingerprint density at radius 2 is 1.63 bits per heavy atom. The fourth-order valence-electron chi connectivity index (χ4n) is 4.10. The zero-order chi connectivity index (χ0) is 26.6. The van der Waals surface area contributed by atoms with Crippen LogP contribution in [0.5, 0.6) is 0 Å². The van der Waals surface area contributed by atoms with E-state index in [1.165, 1.54) is 6.07 Å². The number of likely N-dealkylation sites (N-methyl/N-ethyl adjacent to an activating group) is 1. The minimum Gasteiger partial charge on any atom is -0.481 e. The predicted octanol–water partition coefficient (Wildman–Crippen LogP) is 0.855. The maximum absolute atomic E-state index is 14.0. The van der Waals surface area contributed by atoms with Gasteiger partial charge < -0.3 is 26.2 Å². The third kappa shape index (κ3) is 9.99. The molecule has 2 aliphatic heterocycles. The molecule has 35 heavy (non-hydrogen) atoms. The molecule has 0 aliphatic carbocycles. The van der Waals surface area contributed by atoms with Crippen molar-refractivity contribution in [3.8, 4) is 0 Å². The van der Waals surface area contributed by atoms with Gasteiger partial charge in [-0.05, 0) is 37.9 Å². The molecule has 2 atom stereocenters. The lowest BCUT2D eigenvalue weighted by Crippen LogP contribution is -2.63. The predicted molar refractivity (Wildman–Crippen MR) is 128 cm³/mol. The van der Waals surface area contributed by atoms with Crippen LogP contribution in [0.1, 0.15) is 38.7 Å². The first-order valence-corrected chi connectivity index (χ1v) is 11.5. The number of carbonyl (C=O) groups is 4. The number of nitrogens with one attached hydrogen (secondary N) is 3. The van der Waals surface area contributed by atoms with E-state index in [2.05, 4.69) is 20.9 Å². The van der Waals surface area contributed by atoms with Crippen molar-refractivity contribution in [3.63, 3.8) is 0 Å². The number of likely N-dealkylation sites (tertiary alicyclic amines) is 1. The second-order valence-electron chi connectivity index (χ2n) is 8.83. The highest BCUT2D eigenvalue weighted by molar-refractivity contribution is 5.84. The molecule has 2 heterocycles. The summed E-state index contributed by atoms with van der Waals surface area (Å²) in [6.45, 7) is 3.85. The van der Waals surface area contributed by atoms with Gasteiger partial charge in [0.15, 0.2) is 0 Å². The van der Waals surface area contributed by atoms with E-state index in [1.54, 1.807) is 25.2 Å². The smallest absolute Gasteiger partial charge is 0.300 e. The average Bonchev–Trinajstić information content (AvgIpc) is 3.08. The van der Waals surface area contributed by atoms with E-state index in [-0.39, 0.29) is 29.7 Å². The van der Waals surface area contributed by atoms with Crippen molar-refractivity contribution in [1.29, 1.82) is 0 Å². The van der Waals surface area contributed by atoms with E-state index in [0.29, 0.717) is 38.0 Å². The molecular weight excluding hydrogens is 459 g/mol. The molecule has 10 nitrogen and oxygen atoms in total. The Morgan fingerprint density at radius 3 is 2.11 bits per heavy atom. The number of rotatable bonds is 7. The molecule has 1 aromatic rings. The molecule has 5 N–H and O–H groups in total. The SMILES string of the molecule is CC(=O)O.CC(=O)O.CNC(=O)C[C@H]1CC[C@@H](CNC(=O)C2(Cc3ccccc3F)CNC2)N1C. The van der Waals surface area contributed by atoms with E-state index in [0.717, 1.165) is 26.7 Å². The first kappa shape index (κ1) is 30.0. The lowest BCUT2D eigenvalue weighted by Gasteiger charge is -2.41. The Hall–Kier alpha value is -3.05. The van der Waals surface area contributed by atoms with Gasteiger partial charge in [0.25, 0.3) is 11.9 Å². The van der Waals surface area contributed by atoms with Crippen LogP contribution in [0, 0.1) is 11.2 Å². The standard InChI is InChI=1S/C20H29FN4O2.2C2H4O2/c1-22-18(26)9-15-7-8-16(25(15)2)11-24-19(27)20(12-23-13-20)10-14-5-3-4-6-17(14)21;2*1-2(3)4/h3-6,15-16,23H,7-13H2,1-2H3,(H,22,26)(H,24,27);2*1H3,(H,3,4)/t15-,16+;;/m1../s1. The highest BCUT2D eigenvalue weighted by atomic mass is 19.1. The molecule has 2 fully saturated rings. The number of amides is 2. The van der Waals surface area contributed by atoms with Crippen molar-refractivity contribution in [3.05, 3.63) is 35.6 Å². The van der Waals surface area contributed by atoms with E-state index < -0.39 is 17.4 Å². The van der Waals surface area contributed by atoms with Crippen LogP contribution in [0.25, 0.3) is 0 Å². The Morgan fingerprint density at radius 1 is 1.09 bits per heavy atom. The number of carbonyl (C=O) groups excluding carboxylic acids is 2. The van der Waals surface area contributed by atoms with Crippen molar-refractivity contribution < 1.29 is 33.8 Å². The largest absolute Gasteiger partial charge is 0.481 e. The molecule has 0 spiro atoms. The summed E-state index contributed by atoms with van der Waals surface area (Å²) in [5, 5.41) is 23.7. The Bertz CT molecular complexity index is 857. The summed E-state index contributed by atoms with van der Waals surface area (Å²) >= 11 is 0. The highest BCUT2D eigenvalue weighted by Crippen LogP contribution is 2.30. The number of halogens is 1. The van der Waals surface area contributed by atoms with E-state index in [9.17, 15) is 14.0 Å². The van der Waals surface area contributed by atoms with Gasteiger partial charge in [-0.1, -0.05) is 18.2 Å². The van der Waals surface area contributed by atoms with Gasteiger partial charge in [-0.2, -0.15) is 0 Å². The minimum absolute atomic E-state index is 0.0207. The monoisotopic (exact) mass is 496 g/mol. The van der Waals surface area contributed by atoms with Crippen LogP contribution in [0.4, 0.5) is 4.39 Å². The molecule has 196 valence electrons. The molecular formula is C24H37FN4O6. The van der Waals surface area contributed by atoms with Crippen molar-refractivity contribution in [2.75, 3.05) is 33.7 Å². The van der Waals surface area contributed by atoms with Crippen LogP contribution < -0.4 is 16.0 Å². The van der Waals surface area contributed by atoms with Gasteiger partial charge >= 0.3 is 0 Å². The van der Waals surface area contributed by atoms with Crippen LogP contribution in [-0.2, 0) is 25.6 Å². The summed E-state index contributed by atoms with van der Waals surface area (Å²) < 4.78 is 14.0. The number of hydrogen-bond acceptors (Lipinski definition) is 6. The van der Waals surface area contributed by atoms with E-state index >= 15 is 0 Å². The van der Waals surface area contributed by atoms with Gasteiger partial charge in [-0.25, -0.2) is 4.39 Å². The van der Waals surface area contributed by atoms with Crippen LogP contribution in [0.2, 0.25) is 0 Å². The van der Waals surface area contributed by atoms with Crippen LogP contribution in [-0.4, -0.2) is 84.7 Å². The average molecular weight is 497 g/mol. The van der Waals surface area contributed by atoms with Crippen molar-refractivity contribution in [2.24, 2.45) is 5.41 Å². The molecule has 1 aromatic carbocycles. The number of benzene rings is 1. The van der Waals surface area contributed by atoms with Crippen molar-refractivity contribution >= 4 is 23.8 Å². The number of carboxylic acids is 2. The maximum atomic E-state index is 14.0. The summed E-state index contributed by atoms with van der Waals surface area (Å²) in [6, 6.07) is 7.09. The van der Waals surface area contributed by atoms with Crippen LogP contribution in [0.15, 0.2) is 24.3 Å². The highest BCUT2D eigenvalue weighted by Gasteiger charge is 2.45. The normalized spacial score (nSPS) is 20.1. The lowest BCUT2D eigenvalue weighted by atomic mass is 9.75. The molecule has 11 heteroatoms. The number of hydrogen-bond donors (Lipinski definition) is 5. The number of nitrogens with zero attached hydrogens (tertiary/aromatic N) is 1. The van der Waals surface area contributed by atoms with Gasteiger partial charge in [-0.15, -0.1) is 0 Å². The second kappa shape index (κ2) is 14.4. The van der Waals surface area contributed by atoms with E-state index in [4.69, 9.17) is 19.8 Å². The molecule has 0 bridgehead atoms. The molecule has 2 saturated heterocycles. The third-order valence-electron chi connectivity index (χ3n) is 6.08. The molecule has 0 saturated carbocycles. The maximum Gasteiger partial charge on any atom is 0.300 e.